The quantitative estimate of drug-likeness (QED) is 0.652. The minimum atomic E-state index is -2.55. The van der Waals surface area contributed by atoms with Crippen molar-refractivity contribution < 1.29 is 8.78 Å². The lowest BCUT2D eigenvalue weighted by Gasteiger charge is -2.39. The molecule has 0 heterocycles. The highest BCUT2D eigenvalue weighted by Crippen LogP contribution is 2.46. The molecule has 104 valence electrons. The molecule has 2 rings (SSSR count). The lowest BCUT2D eigenvalue weighted by atomic mass is 9.83. The molecular weight excluding hydrogens is 258 g/mol. The van der Waals surface area contributed by atoms with Crippen LogP contribution in [0.1, 0.15) is 24.8 Å². The Hall–Kier alpha value is -0.963. The van der Waals surface area contributed by atoms with E-state index in [1.165, 1.54) is 0 Å². The van der Waals surface area contributed by atoms with E-state index < -0.39 is 19.5 Å². The second kappa shape index (κ2) is 5.20. The molecule has 0 radical (unpaired) electrons. The van der Waals surface area contributed by atoms with Crippen LogP contribution in [0.25, 0.3) is 5.57 Å². The Bertz CT molecular complexity index is 457. The Labute approximate surface area is 115 Å². The second-order valence-corrected chi connectivity index (χ2v) is 11.5. The van der Waals surface area contributed by atoms with Gasteiger partial charge in [-0.05, 0) is 30.4 Å². The average Bonchev–Trinajstić information content (AvgIpc) is 2.38. The van der Waals surface area contributed by atoms with Crippen molar-refractivity contribution in [3.8, 4) is 0 Å². The minimum Gasteiger partial charge on any atom is -0.211 e. The Morgan fingerprint density at radius 1 is 1.11 bits per heavy atom. The SMILES string of the molecule is C[Si](C)(C)C(F)(F)C1CCCC=C1c1ccccc1. The Morgan fingerprint density at radius 3 is 2.32 bits per heavy atom. The molecular formula is C16H22F2Si. The van der Waals surface area contributed by atoms with Crippen LogP contribution < -0.4 is 0 Å². The van der Waals surface area contributed by atoms with E-state index in [1.807, 2.05) is 36.4 Å². The number of alkyl halides is 2. The number of benzene rings is 1. The molecule has 1 aromatic rings. The maximum atomic E-state index is 14.8. The molecule has 0 amide bonds. The van der Waals surface area contributed by atoms with E-state index >= 15 is 0 Å². The van der Waals surface area contributed by atoms with Gasteiger partial charge in [-0.15, -0.1) is 0 Å². The standard InChI is InChI=1S/C16H22F2Si/c1-19(2,3)16(17,18)15-12-8-7-11-14(15)13-9-5-4-6-10-13/h4-6,9-11,15H,7-8,12H2,1-3H3. The van der Waals surface area contributed by atoms with Crippen LogP contribution >= 0.6 is 0 Å². The molecule has 1 aliphatic carbocycles. The molecule has 0 aromatic heterocycles. The lowest BCUT2D eigenvalue weighted by molar-refractivity contribution is 0.0345. The van der Waals surface area contributed by atoms with E-state index in [-0.39, 0.29) is 0 Å². The maximum Gasteiger partial charge on any atom is 0.235 e. The summed E-state index contributed by atoms with van der Waals surface area (Å²) in [6.45, 7) is 5.30. The summed E-state index contributed by atoms with van der Waals surface area (Å²) in [6.07, 6.45) is 4.43. The molecule has 0 bridgehead atoms. The van der Waals surface area contributed by atoms with Crippen LogP contribution in [0.5, 0.6) is 0 Å². The molecule has 19 heavy (non-hydrogen) atoms. The van der Waals surface area contributed by atoms with Gasteiger partial charge in [-0.2, -0.15) is 0 Å². The molecule has 0 N–H and O–H groups in total. The fourth-order valence-electron chi connectivity index (χ4n) is 2.73. The maximum absolute atomic E-state index is 14.8. The Morgan fingerprint density at radius 2 is 1.74 bits per heavy atom. The molecule has 1 unspecified atom stereocenters. The Balaban J connectivity index is 2.40. The zero-order valence-corrected chi connectivity index (χ0v) is 12.9. The third-order valence-corrected chi connectivity index (χ3v) is 6.33. The van der Waals surface area contributed by atoms with Gasteiger partial charge in [0.1, 0.15) is 8.07 Å². The molecule has 0 fully saturated rings. The van der Waals surface area contributed by atoms with E-state index in [0.29, 0.717) is 6.42 Å². The van der Waals surface area contributed by atoms with Crippen LogP contribution in [-0.2, 0) is 0 Å². The topological polar surface area (TPSA) is 0 Å². The van der Waals surface area contributed by atoms with Crippen LogP contribution in [0.3, 0.4) is 0 Å². The zero-order valence-electron chi connectivity index (χ0n) is 11.9. The zero-order chi connectivity index (χ0) is 14.1. The van der Waals surface area contributed by atoms with Crippen LogP contribution in [0.4, 0.5) is 8.78 Å². The number of hydrogen-bond donors (Lipinski definition) is 0. The molecule has 1 aromatic carbocycles. The van der Waals surface area contributed by atoms with Gasteiger partial charge in [-0.3, -0.25) is 0 Å². The van der Waals surface area contributed by atoms with Crippen molar-refractivity contribution in [3.63, 3.8) is 0 Å². The predicted octanol–water partition coefficient (Wildman–Crippen LogP) is 5.38. The van der Waals surface area contributed by atoms with Gasteiger partial charge in [-0.25, -0.2) is 8.78 Å². The van der Waals surface area contributed by atoms with Crippen molar-refractivity contribution in [1.29, 1.82) is 0 Å². The summed E-state index contributed by atoms with van der Waals surface area (Å²) < 4.78 is 29.5. The van der Waals surface area contributed by atoms with Gasteiger partial charge in [-0.1, -0.05) is 56.0 Å². The van der Waals surface area contributed by atoms with Gasteiger partial charge in [0, 0.05) is 5.92 Å². The van der Waals surface area contributed by atoms with E-state index in [0.717, 1.165) is 24.0 Å². The van der Waals surface area contributed by atoms with Gasteiger partial charge in [0.15, 0.2) is 0 Å². The molecule has 1 aliphatic rings. The predicted molar refractivity (Wildman–Crippen MR) is 80.1 cm³/mol. The molecule has 0 nitrogen and oxygen atoms in total. The fourth-order valence-corrected chi connectivity index (χ4v) is 4.07. The highest BCUT2D eigenvalue weighted by atomic mass is 28.3. The summed E-state index contributed by atoms with van der Waals surface area (Å²) in [7, 11) is -2.52. The molecule has 0 saturated heterocycles. The van der Waals surface area contributed by atoms with Crippen molar-refractivity contribution in [2.45, 2.75) is 44.4 Å². The summed E-state index contributed by atoms with van der Waals surface area (Å²) in [5, 5.41) is 0. The van der Waals surface area contributed by atoms with Gasteiger partial charge in [0.2, 0.25) is 5.55 Å². The van der Waals surface area contributed by atoms with Crippen LogP contribution in [0, 0.1) is 5.92 Å². The van der Waals surface area contributed by atoms with Crippen LogP contribution in [0.2, 0.25) is 19.6 Å². The monoisotopic (exact) mass is 280 g/mol. The van der Waals surface area contributed by atoms with Gasteiger partial charge < -0.3 is 0 Å². The van der Waals surface area contributed by atoms with E-state index in [2.05, 4.69) is 0 Å². The fraction of sp³-hybridized carbons (Fsp3) is 0.500. The van der Waals surface area contributed by atoms with Crippen molar-refractivity contribution in [3.05, 3.63) is 42.0 Å². The van der Waals surface area contributed by atoms with Crippen molar-refractivity contribution >= 4 is 13.6 Å². The van der Waals surface area contributed by atoms with Crippen molar-refractivity contribution in [1.82, 2.24) is 0 Å². The summed E-state index contributed by atoms with van der Waals surface area (Å²) in [4.78, 5) is 0. The lowest BCUT2D eigenvalue weighted by Crippen LogP contribution is -2.51. The van der Waals surface area contributed by atoms with E-state index in [9.17, 15) is 8.78 Å². The van der Waals surface area contributed by atoms with Crippen LogP contribution in [-0.4, -0.2) is 13.6 Å². The molecule has 0 saturated carbocycles. The minimum absolute atomic E-state index is 0.602. The first kappa shape index (κ1) is 14.4. The Kier molecular flexibility index (Phi) is 3.95. The number of hydrogen-bond acceptors (Lipinski definition) is 0. The van der Waals surface area contributed by atoms with Gasteiger partial charge in [0.25, 0.3) is 0 Å². The van der Waals surface area contributed by atoms with Crippen LogP contribution in [0.15, 0.2) is 36.4 Å². The highest BCUT2D eigenvalue weighted by molar-refractivity contribution is 6.78. The summed E-state index contributed by atoms with van der Waals surface area (Å²) in [6, 6.07) is 9.68. The average molecular weight is 280 g/mol. The molecule has 0 aliphatic heterocycles. The van der Waals surface area contributed by atoms with E-state index in [1.54, 1.807) is 19.6 Å². The number of allylic oxidation sites excluding steroid dienone is 2. The number of halogens is 2. The summed E-state index contributed by atoms with van der Waals surface area (Å²) >= 11 is 0. The first-order valence-electron chi connectivity index (χ1n) is 6.97. The molecule has 3 heteroatoms. The summed E-state index contributed by atoms with van der Waals surface area (Å²) in [5.41, 5.74) is -0.723. The van der Waals surface area contributed by atoms with Gasteiger partial charge in [0.05, 0.1) is 0 Å². The summed E-state index contributed by atoms with van der Waals surface area (Å²) in [5.74, 6) is -0.602. The third kappa shape index (κ3) is 2.81. The second-order valence-electron chi connectivity index (χ2n) is 6.38. The first-order chi connectivity index (χ1) is 8.84. The largest absolute Gasteiger partial charge is 0.235 e. The van der Waals surface area contributed by atoms with Gasteiger partial charge >= 0.3 is 0 Å². The third-order valence-electron chi connectivity index (χ3n) is 3.98. The van der Waals surface area contributed by atoms with Crippen molar-refractivity contribution in [2.75, 3.05) is 0 Å². The normalized spacial score (nSPS) is 21.1. The molecule has 0 spiro atoms. The van der Waals surface area contributed by atoms with E-state index in [4.69, 9.17) is 0 Å². The first-order valence-corrected chi connectivity index (χ1v) is 10.5. The van der Waals surface area contributed by atoms with Crippen molar-refractivity contribution in [2.24, 2.45) is 5.92 Å². The number of rotatable bonds is 3. The smallest absolute Gasteiger partial charge is 0.211 e. The highest BCUT2D eigenvalue weighted by Gasteiger charge is 2.52. The molecule has 1 atom stereocenters.